The van der Waals surface area contributed by atoms with Crippen LogP contribution in [0.5, 0.6) is 0 Å². The molecule has 5 heteroatoms. The summed E-state index contributed by atoms with van der Waals surface area (Å²) in [5.41, 5.74) is 0. The topological polar surface area (TPSA) is 52.6 Å². The van der Waals surface area contributed by atoms with E-state index in [9.17, 15) is 9.59 Å². The van der Waals surface area contributed by atoms with Crippen LogP contribution in [0.1, 0.15) is 39.0 Å². The van der Waals surface area contributed by atoms with Crippen molar-refractivity contribution in [2.75, 3.05) is 6.61 Å². The van der Waals surface area contributed by atoms with Crippen molar-refractivity contribution < 1.29 is 19.1 Å². The summed E-state index contributed by atoms with van der Waals surface area (Å²) in [7, 11) is 0. The summed E-state index contributed by atoms with van der Waals surface area (Å²) in [6.45, 7) is 1.91. The third-order valence-corrected chi connectivity index (χ3v) is 2.38. The number of carbonyl (C=O) groups excluding carboxylic acids is 2. The molecule has 1 fully saturated rings. The number of halogens is 1. The first-order valence-electron chi connectivity index (χ1n) is 5.12. The molecule has 1 aliphatic rings. The lowest BCUT2D eigenvalue weighted by Crippen LogP contribution is -2.23. The van der Waals surface area contributed by atoms with Crippen molar-refractivity contribution in [1.29, 1.82) is 0 Å². The highest BCUT2D eigenvalue weighted by Crippen LogP contribution is 2.24. The molecule has 88 valence electrons. The zero-order valence-electron chi connectivity index (χ0n) is 8.86. The summed E-state index contributed by atoms with van der Waals surface area (Å²) in [6.07, 6.45) is 4.05. The predicted molar refractivity (Wildman–Crippen MR) is 56.9 cm³/mol. The van der Waals surface area contributed by atoms with Crippen LogP contribution in [0.4, 0.5) is 4.79 Å². The molecule has 0 aromatic carbocycles. The highest BCUT2D eigenvalue weighted by molar-refractivity contribution is 5.85. The standard InChI is InChI=1S/C10H16O4.ClH/c1-2-13-10(12)14-9(11)8-6-4-3-5-7-8;/h8H,2-7H2,1H3;1H. The Morgan fingerprint density at radius 2 is 1.80 bits per heavy atom. The van der Waals surface area contributed by atoms with E-state index in [-0.39, 0.29) is 24.9 Å². The maximum atomic E-state index is 11.4. The third kappa shape index (κ3) is 5.02. The van der Waals surface area contributed by atoms with Crippen LogP contribution >= 0.6 is 12.4 Å². The number of rotatable bonds is 2. The van der Waals surface area contributed by atoms with E-state index in [1.165, 1.54) is 6.42 Å². The van der Waals surface area contributed by atoms with E-state index in [4.69, 9.17) is 0 Å². The van der Waals surface area contributed by atoms with E-state index >= 15 is 0 Å². The number of esters is 1. The van der Waals surface area contributed by atoms with Gasteiger partial charge in [-0.2, -0.15) is 0 Å². The van der Waals surface area contributed by atoms with Gasteiger partial charge in [0.05, 0.1) is 12.5 Å². The second-order valence-corrected chi connectivity index (χ2v) is 3.44. The van der Waals surface area contributed by atoms with Gasteiger partial charge < -0.3 is 9.47 Å². The number of hydrogen-bond donors (Lipinski definition) is 0. The van der Waals surface area contributed by atoms with Gasteiger partial charge in [-0.05, 0) is 19.8 Å². The first-order valence-corrected chi connectivity index (χ1v) is 5.12. The molecular weight excluding hydrogens is 220 g/mol. The molecule has 1 rings (SSSR count). The monoisotopic (exact) mass is 236 g/mol. The highest BCUT2D eigenvalue weighted by Gasteiger charge is 2.24. The molecule has 1 saturated carbocycles. The molecule has 0 atom stereocenters. The minimum atomic E-state index is -0.872. The van der Waals surface area contributed by atoms with Gasteiger partial charge in [-0.3, -0.25) is 4.79 Å². The highest BCUT2D eigenvalue weighted by atomic mass is 35.5. The Kier molecular flexibility index (Phi) is 7.13. The Morgan fingerprint density at radius 3 is 2.33 bits per heavy atom. The largest absolute Gasteiger partial charge is 0.516 e. The minimum Gasteiger partial charge on any atom is -0.434 e. The summed E-state index contributed by atoms with van der Waals surface area (Å²) in [4.78, 5) is 22.2. The van der Waals surface area contributed by atoms with Crippen LogP contribution in [0, 0.1) is 5.92 Å². The van der Waals surface area contributed by atoms with Gasteiger partial charge in [-0.1, -0.05) is 19.3 Å². The zero-order chi connectivity index (χ0) is 10.4. The Balaban J connectivity index is 0.00000196. The van der Waals surface area contributed by atoms with Crippen LogP contribution in [0.2, 0.25) is 0 Å². The zero-order valence-corrected chi connectivity index (χ0v) is 9.68. The van der Waals surface area contributed by atoms with E-state index in [0.717, 1.165) is 25.7 Å². The lowest BCUT2D eigenvalue weighted by Gasteiger charge is -2.18. The molecule has 0 N–H and O–H groups in total. The molecule has 0 unspecified atom stereocenters. The van der Waals surface area contributed by atoms with E-state index < -0.39 is 12.1 Å². The van der Waals surface area contributed by atoms with Crippen LogP contribution in [-0.4, -0.2) is 18.7 Å². The van der Waals surface area contributed by atoms with Gasteiger partial charge in [0.1, 0.15) is 0 Å². The quantitative estimate of drug-likeness (QED) is 0.546. The van der Waals surface area contributed by atoms with Crippen LogP contribution in [0.25, 0.3) is 0 Å². The Morgan fingerprint density at radius 1 is 1.20 bits per heavy atom. The second kappa shape index (κ2) is 7.51. The van der Waals surface area contributed by atoms with E-state index in [1.807, 2.05) is 0 Å². The fourth-order valence-corrected chi connectivity index (χ4v) is 1.65. The average molecular weight is 237 g/mol. The van der Waals surface area contributed by atoms with Gasteiger partial charge >= 0.3 is 12.1 Å². The number of hydrogen-bond acceptors (Lipinski definition) is 4. The van der Waals surface area contributed by atoms with Gasteiger partial charge in [0.2, 0.25) is 0 Å². The average Bonchev–Trinajstić information content (AvgIpc) is 2.19. The molecule has 0 saturated heterocycles. The van der Waals surface area contributed by atoms with Gasteiger partial charge in [-0.25, -0.2) is 4.79 Å². The third-order valence-electron chi connectivity index (χ3n) is 2.38. The summed E-state index contributed by atoms with van der Waals surface area (Å²) in [6, 6.07) is 0. The van der Waals surface area contributed by atoms with E-state index in [0.29, 0.717) is 0 Å². The summed E-state index contributed by atoms with van der Waals surface area (Å²) >= 11 is 0. The molecule has 0 bridgehead atoms. The van der Waals surface area contributed by atoms with Crippen LogP contribution < -0.4 is 0 Å². The summed E-state index contributed by atoms with van der Waals surface area (Å²) in [5.74, 6) is -0.531. The second-order valence-electron chi connectivity index (χ2n) is 3.44. The van der Waals surface area contributed by atoms with Crippen molar-refractivity contribution >= 4 is 24.5 Å². The van der Waals surface area contributed by atoms with Crippen molar-refractivity contribution in [3.8, 4) is 0 Å². The molecule has 0 aliphatic heterocycles. The maximum Gasteiger partial charge on any atom is 0.516 e. The van der Waals surface area contributed by atoms with Crippen molar-refractivity contribution in [2.45, 2.75) is 39.0 Å². The van der Waals surface area contributed by atoms with E-state index in [1.54, 1.807) is 6.92 Å². The Labute approximate surface area is 95.7 Å². The lowest BCUT2D eigenvalue weighted by atomic mass is 9.89. The molecule has 0 heterocycles. The van der Waals surface area contributed by atoms with Crippen LogP contribution in [-0.2, 0) is 14.3 Å². The molecular formula is C10H17ClO4. The van der Waals surface area contributed by atoms with Gasteiger partial charge in [0.25, 0.3) is 0 Å². The van der Waals surface area contributed by atoms with Crippen molar-refractivity contribution in [3.05, 3.63) is 0 Å². The predicted octanol–water partition coefficient (Wildman–Crippen LogP) is 2.69. The van der Waals surface area contributed by atoms with Crippen molar-refractivity contribution in [3.63, 3.8) is 0 Å². The van der Waals surface area contributed by atoms with Crippen molar-refractivity contribution in [1.82, 2.24) is 0 Å². The molecule has 1 aliphatic carbocycles. The van der Waals surface area contributed by atoms with Gasteiger partial charge in [0, 0.05) is 0 Å². The Hall–Kier alpha value is -0.770. The number of carbonyl (C=O) groups is 2. The lowest BCUT2D eigenvalue weighted by molar-refractivity contribution is -0.145. The Bertz CT molecular complexity index is 211. The maximum absolute atomic E-state index is 11.4. The molecule has 0 amide bonds. The first-order chi connectivity index (χ1) is 6.74. The summed E-state index contributed by atoms with van der Waals surface area (Å²) < 4.78 is 9.05. The van der Waals surface area contributed by atoms with Crippen LogP contribution in [0.3, 0.4) is 0 Å². The molecule has 4 nitrogen and oxygen atoms in total. The van der Waals surface area contributed by atoms with Gasteiger partial charge in [-0.15, -0.1) is 12.4 Å². The molecule has 15 heavy (non-hydrogen) atoms. The fraction of sp³-hybridized carbons (Fsp3) is 0.800. The summed E-state index contributed by atoms with van der Waals surface area (Å²) in [5, 5.41) is 0. The fourth-order valence-electron chi connectivity index (χ4n) is 1.65. The molecule has 0 spiro atoms. The molecule has 0 aromatic rings. The van der Waals surface area contributed by atoms with E-state index in [2.05, 4.69) is 9.47 Å². The smallest absolute Gasteiger partial charge is 0.434 e. The number of ether oxygens (including phenoxy) is 2. The normalized spacial score (nSPS) is 16.3. The molecule has 0 radical (unpaired) electrons. The first kappa shape index (κ1) is 14.2. The van der Waals surface area contributed by atoms with Gasteiger partial charge in [0.15, 0.2) is 0 Å². The molecule has 0 aromatic heterocycles. The van der Waals surface area contributed by atoms with Crippen molar-refractivity contribution in [2.24, 2.45) is 5.92 Å². The minimum absolute atomic E-state index is 0. The van der Waals surface area contributed by atoms with Crippen LogP contribution in [0.15, 0.2) is 0 Å². The SMILES string of the molecule is CCOC(=O)OC(=O)C1CCCCC1.Cl.